The van der Waals surface area contributed by atoms with Crippen molar-refractivity contribution in [1.29, 1.82) is 0 Å². The fourth-order valence-electron chi connectivity index (χ4n) is 3.71. The topological polar surface area (TPSA) is 70.9 Å². The number of oxazole rings is 1. The number of fused-ring (bicyclic) bond motifs is 1. The highest BCUT2D eigenvalue weighted by Crippen LogP contribution is 2.34. The molecule has 28 heavy (non-hydrogen) atoms. The van der Waals surface area contributed by atoms with Gasteiger partial charge in [0.05, 0.1) is 0 Å². The van der Waals surface area contributed by atoms with Crippen LogP contribution in [-0.2, 0) is 6.18 Å². The second-order valence-electron chi connectivity index (χ2n) is 7.09. The number of benzene rings is 1. The number of alkyl halides is 3. The smallest absolute Gasteiger partial charge is 0.423 e. The monoisotopic (exact) mass is 409 g/mol. The molecule has 3 heterocycles. The van der Waals surface area contributed by atoms with Crippen LogP contribution in [0.25, 0.3) is 11.1 Å². The summed E-state index contributed by atoms with van der Waals surface area (Å²) in [5.41, 5.74) is -0.235. The van der Waals surface area contributed by atoms with Crippen molar-refractivity contribution in [2.24, 2.45) is 0 Å². The highest BCUT2D eigenvalue weighted by atomic mass is 35.5. The number of H-pyrrole nitrogens is 1. The van der Waals surface area contributed by atoms with Crippen LogP contribution in [0.3, 0.4) is 0 Å². The number of carbonyl (C=O) groups is 1. The van der Waals surface area contributed by atoms with Gasteiger partial charge < -0.3 is 19.5 Å². The molecule has 1 aliphatic heterocycles. The number of nitrogens with one attached hydrogen (secondary N) is 2. The number of aromatic nitrogens is 2. The molecule has 1 saturated heterocycles. The normalized spacial score (nSPS) is 17.5. The van der Waals surface area contributed by atoms with Crippen molar-refractivity contribution < 1.29 is 22.4 Å². The average Bonchev–Trinajstić information content (AvgIpc) is 3.31. The summed E-state index contributed by atoms with van der Waals surface area (Å²) in [5, 5.41) is 3.66. The molecule has 1 unspecified atom stereocenters. The molecule has 1 aromatic carbocycles. The number of aryl methyl sites for hydroxylation is 1. The summed E-state index contributed by atoms with van der Waals surface area (Å²) >= 11 is 5.93. The van der Waals surface area contributed by atoms with Crippen molar-refractivity contribution in [3.05, 3.63) is 46.2 Å². The lowest BCUT2D eigenvalue weighted by molar-refractivity contribution is -0.141. The van der Waals surface area contributed by atoms with Crippen molar-refractivity contribution in [3.8, 4) is 0 Å². The first-order valence-electron chi connectivity index (χ1n) is 8.84. The van der Waals surface area contributed by atoms with Crippen molar-refractivity contribution >= 4 is 41.1 Å². The lowest BCUT2D eigenvalue weighted by atomic mass is 9.44. The molecule has 0 radical (unpaired) electrons. The minimum absolute atomic E-state index is 0.105. The standard InChI is InChI=1S/C18H16BClF3N3O2/c1-9-6-12(15(24-9)18(21,22)23)16(27)19-5-4-11(8-19)25-17-26-13-3-2-10(20)7-14(13)28-17/h2-3,6-7,11,24H,4-5,8H2,1H3,(H,25,26). The summed E-state index contributed by atoms with van der Waals surface area (Å²) in [4.78, 5) is 19.3. The van der Waals surface area contributed by atoms with Gasteiger partial charge in [0.2, 0.25) is 6.71 Å². The van der Waals surface area contributed by atoms with Crippen LogP contribution in [-0.4, -0.2) is 28.4 Å². The molecule has 3 aromatic rings. The Labute approximate surface area is 163 Å². The van der Waals surface area contributed by atoms with Crippen LogP contribution in [0.15, 0.2) is 28.7 Å². The predicted molar refractivity (Wildman–Crippen MR) is 101 cm³/mol. The molecule has 2 aromatic heterocycles. The number of anilines is 1. The van der Waals surface area contributed by atoms with Gasteiger partial charge in [-0.3, -0.25) is 0 Å². The summed E-state index contributed by atoms with van der Waals surface area (Å²) in [6.45, 7) is 1.03. The molecule has 1 atom stereocenters. The number of halogens is 4. The molecule has 146 valence electrons. The second kappa shape index (κ2) is 6.88. The molecule has 1 aliphatic rings. The summed E-state index contributed by atoms with van der Waals surface area (Å²) in [6, 6.07) is 6.58. The minimum Gasteiger partial charge on any atom is -0.423 e. The molecule has 1 fully saturated rings. The highest BCUT2D eigenvalue weighted by Gasteiger charge is 2.41. The molecule has 0 aliphatic carbocycles. The van der Waals surface area contributed by atoms with Crippen molar-refractivity contribution in [1.82, 2.24) is 9.97 Å². The van der Waals surface area contributed by atoms with Crippen LogP contribution < -0.4 is 5.32 Å². The third-order valence-corrected chi connectivity index (χ3v) is 5.22. The number of hydrogen-bond acceptors (Lipinski definition) is 4. The molecule has 2 N–H and O–H groups in total. The SMILES string of the molecule is Cc1cc(C(=O)B2CCC(Nc3nc4ccc(Cl)cc4o3)C2)c(C(F)(F)F)[nH]1. The van der Waals surface area contributed by atoms with Gasteiger partial charge in [0.1, 0.15) is 16.9 Å². The molecular weight excluding hydrogens is 393 g/mol. The van der Waals surface area contributed by atoms with Crippen LogP contribution in [0, 0.1) is 6.92 Å². The molecule has 10 heteroatoms. The first kappa shape index (κ1) is 18.9. The Morgan fingerprint density at radius 3 is 2.93 bits per heavy atom. The van der Waals surface area contributed by atoms with Crippen LogP contribution in [0.2, 0.25) is 17.7 Å². The van der Waals surface area contributed by atoms with E-state index in [9.17, 15) is 18.0 Å². The number of rotatable bonds is 4. The highest BCUT2D eigenvalue weighted by molar-refractivity contribution is 6.93. The van der Waals surface area contributed by atoms with Gasteiger partial charge in [-0.1, -0.05) is 17.9 Å². The van der Waals surface area contributed by atoms with E-state index in [4.69, 9.17) is 16.0 Å². The Balaban J connectivity index is 1.47. The number of aromatic amines is 1. The fourth-order valence-corrected chi connectivity index (χ4v) is 3.87. The van der Waals surface area contributed by atoms with Crippen molar-refractivity contribution in [2.45, 2.75) is 38.2 Å². The Bertz CT molecular complexity index is 1050. The zero-order chi connectivity index (χ0) is 20.1. The van der Waals surface area contributed by atoms with Crippen molar-refractivity contribution in [2.75, 3.05) is 5.32 Å². The fraction of sp³-hybridized carbons (Fsp3) is 0.333. The van der Waals surface area contributed by atoms with Gasteiger partial charge in [-0.2, -0.15) is 18.2 Å². The van der Waals surface area contributed by atoms with Gasteiger partial charge in [0.15, 0.2) is 5.58 Å². The first-order chi connectivity index (χ1) is 13.2. The number of carbonyl (C=O) groups excluding carboxylic acids is 1. The summed E-state index contributed by atoms with van der Waals surface area (Å²) < 4.78 is 45.1. The zero-order valence-electron chi connectivity index (χ0n) is 14.9. The van der Waals surface area contributed by atoms with Crippen molar-refractivity contribution in [3.63, 3.8) is 0 Å². The third-order valence-electron chi connectivity index (χ3n) is 4.98. The predicted octanol–water partition coefficient (Wildman–Crippen LogP) is 5.24. The largest absolute Gasteiger partial charge is 0.431 e. The van der Waals surface area contributed by atoms with Crippen LogP contribution in [0.1, 0.15) is 28.2 Å². The van der Waals surface area contributed by atoms with Gasteiger partial charge in [-0.05, 0) is 37.9 Å². The summed E-state index contributed by atoms with van der Waals surface area (Å²) in [5.74, 6) is 0. The molecule has 4 rings (SSSR count). The molecular formula is C18H16BClF3N3O2. The number of nitrogens with zero attached hydrogens (tertiary/aromatic N) is 1. The van der Waals surface area contributed by atoms with Crippen LogP contribution >= 0.6 is 11.6 Å². The minimum atomic E-state index is -4.59. The van der Waals surface area contributed by atoms with E-state index >= 15 is 0 Å². The summed E-state index contributed by atoms with van der Waals surface area (Å²) in [6.07, 6.45) is -3.03. The molecule has 5 nitrogen and oxygen atoms in total. The van der Waals surface area contributed by atoms with Crippen LogP contribution in [0.5, 0.6) is 0 Å². The Hall–Kier alpha value is -2.42. The van der Waals surface area contributed by atoms with Gasteiger partial charge in [0.25, 0.3) is 6.01 Å². The van der Waals surface area contributed by atoms with E-state index in [1.54, 1.807) is 18.2 Å². The quantitative estimate of drug-likeness (QED) is 0.578. The van der Waals surface area contributed by atoms with E-state index in [1.807, 2.05) is 0 Å². The lowest BCUT2D eigenvalue weighted by Crippen LogP contribution is -2.27. The van der Waals surface area contributed by atoms with Gasteiger partial charge in [-0.15, -0.1) is 0 Å². The maximum atomic E-state index is 13.2. The van der Waals surface area contributed by atoms with Crippen LogP contribution in [0.4, 0.5) is 19.2 Å². The Morgan fingerprint density at radius 2 is 2.18 bits per heavy atom. The molecule has 0 spiro atoms. The second-order valence-corrected chi connectivity index (χ2v) is 7.52. The Morgan fingerprint density at radius 1 is 1.39 bits per heavy atom. The van der Waals surface area contributed by atoms with Gasteiger partial charge in [0, 0.05) is 28.4 Å². The molecule has 0 amide bonds. The first-order valence-corrected chi connectivity index (χ1v) is 9.22. The Kier molecular flexibility index (Phi) is 4.65. The maximum Gasteiger partial charge on any atom is 0.431 e. The number of hydrogen-bond donors (Lipinski definition) is 2. The van der Waals surface area contributed by atoms with E-state index in [0.29, 0.717) is 46.9 Å². The van der Waals surface area contributed by atoms with E-state index in [-0.39, 0.29) is 11.6 Å². The average molecular weight is 410 g/mol. The van der Waals surface area contributed by atoms with E-state index in [0.717, 1.165) is 0 Å². The molecule has 0 bridgehead atoms. The molecule has 0 saturated carbocycles. The maximum absolute atomic E-state index is 13.2. The van der Waals surface area contributed by atoms with E-state index < -0.39 is 24.3 Å². The third kappa shape index (κ3) is 3.63. The summed E-state index contributed by atoms with van der Waals surface area (Å²) in [7, 11) is 0. The van der Waals surface area contributed by atoms with E-state index in [1.165, 1.54) is 13.0 Å². The van der Waals surface area contributed by atoms with Gasteiger partial charge in [-0.25, -0.2) is 0 Å². The van der Waals surface area contributed by atoms with Gasteiger partial charge >= 0.3 is 6.18 Å². The lowest BCUT2D eigenvalue weighted by Gasteiger charge is -2.11. The zero-order valence-corrected chi connectivity index (χ0v) is 15.6. The van der Waals surface area contributed by atoms with E-state index in [2.05, 4.69) is 15.3 Å².